The van der Waals surface area contributed by atoms with Gasteiger partial charge in [0.25, 0.3) is 0 Å². The van der Waals surface area contributed by atoms with Crippen molar-refractivity contribution in [1.29, 1.82) is 0 Å². The number of aromatic nitrogens is 4. The molecule has 37 heavy (non-hydrogen) atoms. The van der Waals surface area contributed by atoms with E-state index in [4.69, 9.17) is 15.2 Å². The average Bonchev–Trinajstić information content (AvgIpc) is 3.18. The minimum Gasteiger partial charge on any atom is -0.469 e. The molecular formula is C26H37N7O4. The van der Waals surface area contributed by atoms with Gasteiger partial charge in [-0.25, -0.2) is 4.79 Å². The lowest BCUT2D eigenvalue weighted by molar-refractivity contribution is -0.139. The summed E-state index contributed by atoms with van der Waals surface area (Å²) in [5.74, 6) is -0.0341. The third kappa shape index (κ3) is 6.66. The number of ether oxygens (including phenoxy) is 2. The van der Waals surface area contributed by atoms with E-state index in [9.17, 15) is 9.59 Å². The lowest BCUT2D eigenvalue weighted by atomic mass is 10.0. The fourth-order valence-electron chi connectivity index (χ4n) is 4.57. The number of nitrogen functional groups attached to an aromatic ring is 1. The molecule has 11 nitrogen and oxygen atoms in total. The second-order valence-corrected chi connectivity index (χ2v) is 9.64. The maximum Gasteiger partial charge on any atom is 0.327 e. The number of aryl methyl sites for hydroxylation is 1. The second kappa shape index (κ2) is 12.2. The summed E-state index contributed by atoms with van der Waals surface area (Å²) in [5.41, 5.74) is 8.86. The molecule has 200 valence electrons. The van der Waals surface area contributed by atoms with Crippen LogP contribution in [-0.4, -0.2) is 81.7 Å². The van der Waals surface area contributed by atoms with E-state index in [1.165, 1.54) is 12.7 Å². The van der Waals surface area contributed by atoms with Crippen LogP contribution in [0.2, 0.25) is 0 Å². The first-order chi connectivity index (χ1) is 17.9. The van der Waals surface area contributed by atoms with Gasteiger partial charge in [-0.1, -0.05) is 37.6 Å². The third-order valence-corrected chi connectivity index (χ3v) is 6.73. The molecule has 11 heteroatoms. The zero-order valence-corrected chi connectivity index (χ0v) is 21.9. The van der Waals surface area contributed by atoms with Crippen LogP contribution < -0.4 is 16.2 Å². The molecule has 0 spiro atoms. The molecular weight excluding hydrogens is 474 g/mol. The van der Waals surface area contributed by atoms with Crippen molar-refractivity contribution in [2.24, 2.45) is 0 Å². The Morgan fingerprint density at radius 3 is 2.59 bits per heavy atom. The van der Waals surface area contributed by atoms with E-state index >= 15 is 0 Å². The maximum absolute atomic E-state index is 12.7. The number of carbonyl (C=O) groups excluding carboxylic acids is 1. The number of hydrogen-bond donors (Lipinski definition) is 2. The number of aromatic amines is 1. The number of unbranched alkanes of at least 4 members (excludes halogenated alkanes) is 1. The number of likely N-dealkylation sites (N-methyl/N-ethyl adjacent to an activating group) is 1. The molecule has 1 aliphatic heterocycles. The standard InChI is InChI=1S/C26H37N7O4/c1-4-5-13-37-25-29-23(27)22-24(30-25)33(26(35)28-22)12-6-11-32(20-16-31(2)17-20)15-19-9-7-18(8-10-19)14-21(34)36-3/h7-10,20H,4-6,11-17H2,1-3H3,(H,28,35)(H2,27,29,30). The summed E-state index contributed by atoms with van der Waals surface area (Å²) >= 11 is 0. The van der Waals surface area contributed by atoms with Crippen LogP contribution in [-0.2, 0) is 29.0 Å². The van der Waals surface area contributed by atoms with Crippen LogP contribution in [0.1, 0.15) is 37.3 Å². The number of fused-ring (bicyclic) bond motifs is 1. The van der Waals surface area contributed by atoms with Crippen LogP contribution in [0.15, 0.2) is 29.1 Å². The van der Waals surface area contributed by atoms with Crippen LogP contribution in [0, 0.1) is 0 Å². The van der Waals surface area contributed by atoms with Gasteiger partial charge in [-0.15, -0.1) is 0 Å². The summed E-state index contributed by atoms with van der Waals surface area (Å²) in [6, 6.07) is 8.74. The molecule has 1 aliphatic rings. The number of carbonyl (C=O) groups is 1. The first-order valence-corrected chi connectivity index (χ1v) is 12.8. The van der Waals surface area contributed by atoms with Gasteiger partial charge in [-0.3, -0.25) is 14.3 Å². The van der Waals surface area contributed by atoms with Gasteiger partial charge in [-0.05, 0) is 31.0 Å². The smallest absolute Gasteiger partial charge is 0.327 e. The van der Waals surface area contributed by atoms with E-state index < -0.39 is 0 Å². The molecule has 1 saturated heterocycles. The lowest BCUT2D eigenvalue weighted by Gasteiger charge is -2.44. The number of methoxy groups -OCH3 is 1. The highest BCUT2D eigenvalue weighted by molar-refractivity contribution is 5.81. The van der Waals surface area contributed by atoms with Crippen molar-refractivity contribution >= 4 is 23.0 Å². The Morgan fingerprint density at radius 2 is 1.92 bits per heavy atom. The Labute approximate surface area is 216 Å². The first-order valence-electron chi connectivity index (χ1n) is 12.8. The predicted octanol–water partition coefficient (Wildman–Crippen LogP) is 1.80. The highest BCUT2D eigenvalue weighted by Gasteiger charge is 2.29. The van der Waals surface area contributed by atoms with Crippen molar-refractivity contribution in [2.75, 3.05) is 46.1 Å². The number of benzene rings is 1. The van der Waals surface area contributed by atoms with Crippen molar-refractivity contribution in [2.45, 2.75) is 51.7 Å². The van der Waals surface area contributed by atoms with Gasteiger partial charge in [0.05, 0.1) is 20.1 Å². The Hall–Kier alpha value is -3.44. The topological polar surface area (TPSA) is 132 Å². The minimum atomic E-state index is -0.252. The number of anilines is 1. The Bertz CT molecular complexity index is 1250. The van der Waals surface area contributed by atoms with Gasteiger partial charge in [0.15, 0.2) is 11.5 Å². The zero-order chi connectivity index (χ0) is 26.4. The van der Waals surface area contributed by atoms with Crippen LogP contribution in [0.5, 0.6) is 6.01 Å². The van der Waals surface area contributed by atoms with Crippen molar-refractivity contribution < 1.29 is 14.3 Å². The van der Waals surface area contributed by atoms with Gasteiger partial charge < -0.3 is 25.1 Å². The fraction of sp³-hybridized carbons (Fsp3) is 0.538. The van der Waals surface area contributed by atoms with Gasteiger partial charge >= 0.3 is 17.7 Å². The summed E-state index contributed by atoms with van der Waals surface area (Å²) in [5, 5.41) is 0. The largest absolute Gasteiger partial charge is 0.469 e. The normalized spacial score (nSPS) is 14.3. The zero-order valence-electron chi connectivity index (χ0n) is 21.9. The highest BCUT2D eigenvalue weighted by atomic mass is 16.5. The van der Waals surface area contributed by atoms with E-state index in [0.717, 1.165) is 51.0 Å². The summed E-state index contributed by atoms with van der Waals surface area (Å²) in [6.45, 7) is 6.72. The van der Waals surface area contributed by atoms with E-state index in [1.807, 2.05) is 12.1 Å². The number of nitrogens with one attached hydrogen (secondary N) is 1. The van der Waals surface area contributed by atoms with E-state index in [2.05, 4.69) is 50.9 Å². The molecule has 4 rings (SSSR count). The van der Waals surface area contributed by atoms with Crippen molar-refractivity contribution in [3.8, 4) is 6.01 Å². The van der Waals surface area contributed by atoms with Gasteiger partial charge in [0, 0.05) is 38.8 Å². The lowest BCUT2D eigenvalue weighted by Crippen LogP contribution is -2.57. The van der Waals surface area contributed by atoms with Crippen LogP contribution in [0.4, 0.5) is 5.82 Å². The Kier molecular flexibility index (Phi) is 8.78. The molecule has 3 N–H and O–H groups in total. The van der Waals surface area contributed by atoms with Gasteiger partial charge in [-0.2, -0.15) is 9.97 Å². The summed E-state index contributed by atoms with van der Waals surface area (Å²) < 4.78 is 12.0. The number of hydrogen-bond acceptors (Lipinski definition) is 9. The number of likely N-dealkylation sites (tertiary alicyclic amines) is 1. The number of H-pyrrole nitrogens is 1. The van der Waals surface area contributed by atoms with Crippen molar-refractivity contribution in [3.05, 3.63) is 45.9 Å². The second-order valence-electron chi connectivity index (χ2n) is 9.64. The number of imidazole rings is 1. The van der Waals surface area contributed by atoms with Crippen molar-refractivity contribution in [1.82, 2.24) is 29.3 Å². The monoisotopic (exact) mass is 511 g/mol. The van der Waals surface area contributed by atoms with Crippen molar-refractivity contribution in [3.63, 3.8) is 0 Å². The minimum absolute atomic E-state index is 0.195. The van der Waals surface area contributed by atoms with E-state index in [-0.39, 0.29) is 29.9 Å². The van der Waals surface area contributed by atoms with Crippen LogP contribution >= 0.6 is 0 Å². The molecule has 1 aromatic carbocycles. The van der Waals surface area contributed by atoms with Crippen LogP contribution in [0.3, 0.4) is 0 Å². The van der Waals surface area contributed by atoms with E-state index in [0.29, 0.717) is 30.4 Å². The highest BCUT2D eigenvalue weighted by Crippen LogP contribution is 2.20. The molecule has 0 bridgehead atoms. The molecule has 0 radical (unpaired) electrons. The summed E-state index contributed by atoms with van der Waals surface area (Å²) in [4.78, 5) is 40.4. The molecule has 0 atom stereocenters. The quantitative estimate of drug-likeness (QED) is 0.260. The van der Waals surface area contributed by atoms with Crippen LogP contribution in [0.25, 0.3) is 11.2 Å². The molecule has 0 amide bonds. The van der Waals surface area contributed by atoms with E-state index in [1.54, 1.807) is 4.57 Å². The third-order valence-electron chi connectivity index (χ3n) is 6.73. The Balaban J connectivity index is 1.43. The maximum atomic E-state index is 12.7. The summed E-state index contributed by atoms with van der Waals surface area (Å²) in [7, 11) is 3.52. The number of nitrogens with two attached hydrogens (primary N) is 1. The average molecular weight is 512 g/mol. The molecule has 3 aromatic rings. The molecule has 0 unspecified atom stereocenters. The number of nitrogens with zero attached hydrogens (tertiary/aromatic N) is 5. The molecule has 2 aromatic heterocycles. The fourth-order valence-corrected chi connectivity index (χ4v) is 4.57. The number of esters is 1. The molecule has 0 saturated carbocycles. The number of rotatable bonds is 13. The molecule has 0 aliphatic carbocycles. The van der Waals surface area contributed by atoms with Gasteiger partial charge in [0.2, 0.25) is 0 Å². The molecule has 1 fully saturated rings. The molecule has 3 heterocycles. The predicted molar refractivity (Wildman–Crippen MR) is 141 cm³/mol. The Morgan fingerprint density at radius 1 is 1.19 bits per heavy atom. The first kappa shape index (κ1) is 26.6. The van der Waals surface area contributed by atoms with Gasteiger partial charge in [0.1, 0.15) is 5.52 Å². The SMILES string of the molecule is CCCCOc1nc(N)c2[nH]c(=O)n(CCCN(Cc3ccc(CC(=O)OC)cc3)C3CN(C)C3)c2n1. The summed E-state index contributed by atoms with van der Waals surface area (Å²) in [6.07, 6.45) is 2.93.